The number of benzene rings is 1. The minimum Gasteiger partial charge on any atom is -0.508 e. The van der Waals surface area contributed by atoms with Crippen LogP contribution in [0.3, 0.4) is 0 Å². The number of hydrogen-bond acceptors (Lipinski definition) is 5. The van der Waals surface area contributed by atoms with Crippen LogP contribution in [-0.2, 0) is 0 Å². The van der Waals surface area contributed by atoms with Gasteiger partial charge in [0.1, 0.15) is 5.75 Å². The number of aromatic hydroxyl groups is 1. The van der Waals surface area contributed by atoms with Gasteiger partial charge in [-0.3, -0.25) is 0 Å². The second-order valence-electron chi connectivity index (χ2n) is 4.36. The lowest BCUT2D eigenvalue weighted by Crippen LogP contribution is -1.84. The summed E-state index contributed by atoms with van der Waals surface area (Å²) in [7, 11) is 0. The third-order valence-corrected chi connectivity index (χ3v) is 2.93. The quantitative estimate of drug-likeness (QED) is 0.761. The smallest absolute Gasteiger partial charge is 0.258 e. The molecule has 0 saturated carbocycles. The number of phenolic OH excluding ortho intramolecular Hbond substituents is 1. The summed E-state index contributed by atoms with van der Waals surface area (Å²) >= 11 is 0. The second-order valence-corrected chi connectivity index (χ2v) is 4.36. The van der Waals surface area contributed by atoms with Crippen LogP contribution in [0.2, 0.25) is 0 Å². The molecular formula is C14H12N2O3. The van der Waals surface area contributed by atoms with Crippen molar-refractivity contribution in [3.63, 3.8) is 0 Å². The van der Waals surface area contributed by atoms with Crippen LogP contribution < -0.4 is 0 Å². The highest BCUT2D eigenvalue weighted by molar-refractivity contribution is 5.62. The van der Waals surface area contributed by atoms with Crippen molar-refractivity contribution in [1.82, 2.24) is 10.1 Å². The van der Waals surface area contributed by atoms with Crippen molar-refractivity contribution in [1.29, 1.82) is 0 Å². The third-order valence-electron chi connectivity index (χ3n) is 2.93. The Morgan fingerprint density at radius 3 is 2.63 bits per heavy atom. The van der Waals surface area contributed by atoms with Gasteiger partial charge in [-0.15, -0.1) is 0 Å². The maximum Gasteiger partial charge on any atom is 0.258 e. The molecule has 0 aliphatic carbocycles. The number of nitrogens with zero attached hydrogens (tertiary/aromatic N) is 2. The van der Waals surface area contributed by atoms with E-state index in [2.05, 4.69) is 10.1 Å². The highest BCUT2D eigenvalue weighted by Gasteiger charge is 2.16. The molecule has 19 heavy (non-hydrogen) atoms. The largest absolute Gasteiger partial charge is 0.508 e. The molecule has 2 heterocycles. The molecule has 2 aromatic heterocycles. The van der Waals surface area contributed by atoms with Gasteiger partial charge in [0, 0.05) is 5.56 Å². The Morgan fingerprint density at radius 2 is 1.95 bits per heavy atom. The Balaban J connectivity index is 2.04. The summed E-state index contributed by atoms with van der Waals surface area (Å²) in [4.78, 5) is 4.32. The molecule has 96 valence electrons. The first-order valence-corrected chi connectivity index (χ1v) is 5.83. The van der Waals surface area contributed by atoms with Gasteiger partial charge in [0.15, 0.2) is 5.76 Å². The van der Waals surface area contributed by atoms with Crippen molar-refractivity contribution >= 4 is 0 Å². The Labute approximate surface area is 109 Å². The van der Waals surface area contributed by atoms with E-state index in [1.165, 1.54) is 0 Å². The average Bonchev–Trinajstić information content (AvgIpc) is 2.97. The molecule has 0 fully saturated rings. The van der Waals surface area contributed by atoms with Crippen molar-refractivity contribution in [3.05, 3.63) is 41.7 Å². The molecule has 0 saturated heterocycles. The molecule has 3 rings (SSSR count). The van der Waals surface area contributed by atoms with Crippen molar-refractivity contribution in [3.8, 4) is 28.8 Å². The molecular weight excluding hydrogens is 244 g/mol. The topological polar surface area (TPSA) is 72.3 Å². The van der Waals surface area contributed by atoms with Gasteiger partial charge in [-0.05, 0) is 49.2 Å². The van der Waals surface area contributed by atoms with Gasteiger partial charge >= 0.3 is 0 Å². The molecule has 0 radical (unpaired) electrons. The van der Waals surface area contributed by atoms with Crippen LogP contribution in [-0.4, -0.2) is 15.2 Å². The van der Waals surface area contributed by atoms with E-state index in [9.17, 15) is 5.11 Å². The molecule has 5 nitrogen and oxygen atoms in total. The van der Waals surface area contributed by atoms with Crippen LogP contribution in [0, 0.1) is 13.8 Å². The van der Waals surface area contributed by atoms with E-state index >= 15 is 0 Å². The van der Waals surface area contributed by atoms with Gasteiger partial charge in [-0.1, -0.05) is 5.16 Å². The molecule has 0 unspecified atom stereocenters. The SMILES string of the molecule is Cc1cc(O)ccc1-c1nc(-c2occc2C)no1. The summed E-state index contributed by atoms with van der Waals surface area (Å²) in [5, 5.41) is 13.3. The Hall–Kier alpha value is -2.56. The fourth-order valence-electron chi connectivity index (χ4n) is 1.91. The summed E-state index contributed by atoms with van der Waals surface area (Å²) < 4.78 is 10.6. The molecule has 0 atom stereocenters. The Kier molecular flexibility index (Phi) is 2.59. The number of furan rings is 1. The predicted molar refractivity (Wildman–Crippen MR) is 68.6 cm³/mol. The van der Waals surface area contributed by atoms with E-state index in [0.29, 0.717) is 17.5 Å². The van der Waals surface area contributed by atoms with Crippen molar-refractivity contribution in [2.45, 2.75) is 13.8 Å². The van der Waals surface area contributed by atoms with E-state index in [4.69, 9.17) is 8.94 Å². The van der Waals surface area contributed by atoms with E-state index in [1.807, 2.05) is 19.9 Å². The summed E-state index contributed by atoms with van der Waals surface area (Å²) in [6.07, 6.45) is 1.59. The maximum absolute atomic E-state index is 9.39. The summed E-state index contributed by atoms with van der Waals surface area (Å²) in [6.45, 7) is 3.79. The van der Waals surface area contributed by atoms with Gasteiger partial charge in [0.2, 0.25) is 5.82 Å². The van der Waals surface area contributed by atoms with E-state index < -0.39 is 0 Å². The zero-order valence-electron chi connectivity index (χ0n) is 10.5. The molecule has 1 N–H and O–H groups in total. The fraction of sp³-hybridized carbons (Fsp3) is 0.143. The fourth-order valence-corrected chi connectivity index (χ4v) is 1.91. The lowest BCUT2D eigenvalue weighted by Gasteiger charge is -2.00. The van der Waals surface area contributed by atoms with Crippen LogP contribution in [0.15, 0.2) is 39.5 Å². The van der Waals surface area contributed by atoms with Gasteiger partial charge in [-0.25, -0.2) is 0 Å². The lowest BCUT2D eigenvalue weighted by molar-refractivity contribution is 0.429. The maximum atomic E-state index is 9.39. The van der Waals surface area contributed by atoms with E-state index in [1.54, 1.807) is 24.5 Å². The summed E-state index contributed by atoms with van der Waals surface area (Å²) in [5.41, 5.74) is 2.61. The molecule has 3 aromatic rings. The molecule has 1 aromatic carbocycles. The first-order chi connectivity index (χ1) is 9.15. The Bertz CT molecular complexity index is 728. The van der Waals surface area contributed by atoms with Crippen molar-refractivity contribution < 1.29 is 14.0 Å². The minimum atomic E-state index is 0.211. The van der Waals surface area contributed by atoms with E-state index in [-0.39, 0.29) is 5.75 Å². The zero-order chi connectivity index (χ0) is 13.4. The number of hydrogen-bond donors (Lipinski definition) is 1. The highest BCUT2D eigenvalue weighted by Crippen LogP contribution is 2.28. The van der Waals surface area contributed by atoms with Crippen LogP contribution >= 0.6 is 0 Å². The number of rotatable bonds is 2. The molecule has 0 aliphatic heterocycles. The first-order valence-electron chi connectivity index (χ1n) is 5.83. The Morgan fingerprint density at radius 1 is 1.11 bits per heavy atom. The molecule has 0 aliphatic rings. The summed E-state index contributed by atoms with van der Waals surface area (Å²) in [5.74, 6) is 1.64. The second kappa shape index (κ2) is 4.28. The highest BCUT2D eigenvalue weighted by atomic mass is 16.5. The third kappa shape index (κ3) is 1.99. The van der Waals surface area contributed by atoms with Gasteiger partial charge in [-0.2, -0.15) is 4.98 Å². The minimum absolute atomic E-state index is 0.211. The standard InChI is InChI=1S/C14H12N2O3/c1-8-5-6-18-12(8)13-15-14(19-16-13)11-4-3-10(17)7-9(11)2/h3-7,17H,1-2H3. The van der Waals surface area contributed by atoms with Crippen molar-refractivity contribution in [2.75, 3.05) is 0 Å². The van der Waals surface area contributed by atoms with Crippen LogP contribution in [0.5, 0.6) is 5.75 Å². The number of aromatic nitrogens is 2. The first kappa shape index (κ1) is 11.5. The van der Waals surface area contributed by atoms with Gasteiger partial charge < -0.3 is 14.0 Å². The summed E-state index contributed by atoms with van der Waals surface area (Å²) in [6, 6.07) is 6.83. The van der Waals surface area contributed by atoms with Crippen molar-refractivity contribution in [2.24, 2.45) is 0 Å². The van der Waals surface area contributed by atoms with Crippen LogP contribution in [0.25, 0.3) is 23.0 Å². The van der Waals surface area contributed by atoms with Gasteiger partial charge in [0.25, 0.3) is 5.89 Å². The molecule has 0 spiro atoms. The average molecular weight is 256 g/mol. The molecule has 0 amide bonds. The normalized spacial score (nSPS) is 10.8. The number of phenols is 1. The number of aryl methyl sites for hydroxylation is 2. The molecule has 5 heteroatoms. The molecule has 0 bridgehead atoms. The van der Waals surface area contributed by atoms with Crippen LogP contribution in [0.1, 0.15) is 11.1 Å². The lowest BCUT2D eigenvalue weighted by atomic mass is 10.1. The van der Waals surface area contributed by atoms with E-state index in [0.717, 1.165) is 16.7 Å². The van der Waals surface area contributed by atoms with Crippen LogP contribution in [0.4, 0.5) is 0 Å². The predicted octanol–water partition coefficient (Wildman–Crippen LogP) is 3.32. The zero-order valence-corrected chi connectivity index (χ0v) is 10.5. The monoisotopic (exact) mass is 256 g/mol. The van der Waals surface area contributed by atoms with Gasteiger partial charge in [0.05, 0.1) is 6.26 Å².